The molecule has 0 spiro atoms. The van der Waals surface area contributed by atoms with Crippen molar-refractivity contribution in [2.45, 2.75) is 19.9 Å². The van der Waals surface area contributed by atoms with Crippen LogP contribution in [-0.4, -0.2) is 55.9 Å². The van der Waals surface area contributed by atoms with Crippen LogP contribution < -0.4 is 16.1 Å². The number of aromatic hydroxyl groups is 1. The number of anilines is 1. The number of hydrogen-bond acceptors (Lipinski definition) is 5. The molecule has 0 amide bonds. The molecule has 0 aliphatic carbocycles. The lowest BCUT2D eigenvalue weighted by Crippen LogP contribution is -2.50. The molecule has 1 aliphatic heterocycles. The van der Waals surface area contributed by atoms with E-state index in [2.05, 4.69) is 18.7 Å². The Morgan fingerprint density at radius 1 is 0.872 bits per heavy atom. The fourth-order valence-corrected chi connectivity index (χ4v) is 5.38. The number of aromatic nitrogens is 3. The highest BCUT2D eigenvalue weighted by Crippen LogP contribution is 2.40. The average molecular weight is 552 g/mol. The van der Waals surface area contributed by atoms with Gasteiger partial charge >= 0.3 is 5.69 Å². The molecular formula is C29H31ClFN5O3. The fraction of sp³-hybridized carbons (Fsp3) is 0.310. The largest absolute Gasteiger partial charge is 0.507 e. The quantitative estimate of drug-likeness (QED) is 0.402. The zero-order valence-corrected chi connectivity index (χ0v) is 23.1. The number of rotatable bonds is 5. The summed E-state index contributed by atoms with van der Waals surface area (Å²) in [6.07, 6.45) is 4.84. The summed E-state index contributed by atoms with van der Waals surface area (Å²) in [4.78, 5) is 29.8. The monoisotopic (exact) mass is 551 g/mol. The number of aryl methyl sites for hydroxylation is 2. The number of nitrogens with zero attached hydrogens (tertiary/aromatic N) is 5. The minimum Gasteiger partial charge on any atom is -0.507 e. The third-order valence-corrected chi connectivity index (χ3v) is 7.70. The molecule has 4 aromatic rings. The van der Waals surface area contributed by atoms with Gasteiger partial charge in [0.25, 0.3) is 5.56 Å². The molecule has 1 N–H and O–H groups in total. The number of phenols is 1. The summed E-state index contributed by atoms with van der Waals surface area (Å²) in [5.41, 5.74) is 2.12. The first-order chi connectivity index (χ1) is 18.5. The van der Waals surface area contributed by atoms with E-state index in [1.54, 1.807) is 57.0 Å². The van der Waals surface area contributed by atoms with E-state index in [0.29, 0.717) is 41.6 Å². The lowest BCUT2D eigenvalue weighted by Gasteiger charge is -2.38. The molecule has 0 radical (unpaired) electrons. The molecular weight excluding hydrogens is 521 g/mol. The zero-order chi connectivity index (χ0) is 28.0. The van der Waals surface area contributed by atoms with E-state index in [0.717, 1.165) is 13.1 Å². The molecule has 1 aliphatic rings. The number of hydrogen-bond donors (Lipinski definition) is 1. The van der Waals surface area contributed by atoms with Gasteiger partial charge in [0.05, 0.1) is 10.7 Å². The van der Waals surface area contributed by atoms with Crippen LogP contribution in [0.15, 0.2) is 64.6 Å². The molecule has 3 heterocycles. The summed E-state index contributed by atoms with van der Waals surface area (Å²) in [6, 6.07) is 9.59. The van der Waals surface area contributed by atoms with E-state index in [1.165, 1.54) is 25.8 Å². The van der Waals surface area contributed by atoms with E-state index >= 15 is 0 Å². The van der Waals surface area contributed by atoms with Crippen molar-refractivity contribution in [3.8, 4) is 33.7 Å². The topological polar surface area (TPSA) is 75.6 Å². The third-order valence-electron chi connectivity index (χ3n) is 7.40. The highest BCUT2D eigenvalue weighted by Gasteiger charge is 2.23. The van der Waals surface area contributed by atoms with Crippen molar-refractivity contribution in [3.63, 3.8) is 0 Å². The summed E-state index contributed by atoms with van der Waals surface area (Å²) in [5.74, 6) is -0.676. The van der Waals surface area contributed by atoms with E-state index < -0.39 is 5.82 Å². The maximum Gasteiger partial charge on any atom is 0.332 e. The average Bonchev–Trinajstić information content (AvgIpc) is 3.24. The van der Waals surface area contributed by atoms with Crippen molar-refractivity contribution < 1.29 is 9.50 Å². The van der Waals surface area contributed by atoms with Gasteiger partial charge in [-0.15, -0.1) is 0 Å². The van der Waals surface area contributed by atoms with Crippen LogP contribution in [0.2, 0.25) is 5.02 Å². The summed E-state index contributed by atoms with van der Waals surface area (Å²) >= 11 is 6.53. The lowest BCUT2D eigenvalue weighted by atomic mass is 9.97. The molecule has 0 atom stereocenters. The summed E-state index contributed by atoms with van der Waals surface area (Å²) < 4.78 is 19.3. The van der Waals surface area contributed by atoms with Crippen LogP contribution in [0.3, 0.4) is 0 Å². The van der Waals surface area contributed by atoms with E-state index in [9.17, 15) is 19.1 Å². The molecule has 2 aromatic carbocycles. The summed E-state index contributed by atoms with van der Waals surface area (Å²) in [6.45, 7) is 7.39. The van der Waals surface area contributed by atoms with Crippen molar-refractivity contribution in [1.29, 1.82) is 0 Å². The van der Waals surface area contributed by atoms with Crippen LogP contribution >= 0.6 is 11.6 Å². The Kier molecular flexibility index (Phi) is 7.13. The molecule has 1 fully saturated rings. The predicted octanol–water partition coefficient (Wildman–Crippen LogP) is 4.24. The Bertz CT molecular complexity index is 1660. The smallest absolute Gasteiger partial charge is 0.332 e. The second-order valence-electron chi connectivity index (χ2n) is 10.2. The van der Waals surface area contributed by atoms with Gasteiger partial charge in [0.1, 0.15) is 17.3 Å². The minimum atomic E-state index is -0.543. The summed E-state index contributed by atoms with van der Waals surface area (Å²) in [7, 11) is 3.30. The Labute approximate surface area is 230 Å². The van der Waals surface area contributed by atoms with Crippen LogP contribution in [0.1, 0.15) is 13.8 Å². The number of piperazine rings is 1. The van der Waals surface area contributed by atoms with Crippen LogP contribution in [0.25, 0.3) is 27.9 Å². The predicted molar refractivity (Wildman–Crippen MR) is 153 cm³/mol. The highest BCUT2D eigenvalue weighted by molar-refractivity contribution is 6.32. The maximum atomic E-state index is 15.0. The number of imidazole rings is 1. The zero-order valence-electron chi connectivity index (χ0n) is 22.4. The van der Waals surface area contributed by atoms with Crippen molar-refractivity contribution in [1.82, 2.24) is 18.6 Å². The van der Waals surface area contributed by atoms with E-state index in [1.807, 2.05) is 4.90 Å². The second-order valence-corrected chi connectivity index (χ2v) is 10.6. The molecule has 10 heteroatoms. The van der Waals surface area contributed by atoms with Gasteiger partial charge in [0.2, 0.25) is 0 Å². The molecule has 0 unspecified atom stereocenters. The van der Waals surface area contributed by atoms with Crippen LogP contribution in [-0.2, 0) is 14.1 Å². The molecule has 39 heavy (non-hydrogen) atoms. The number of benzene rings is 2. The molecule has 8 nitrogen and oxygen atoms in total. The van der Waals surface area contributed by atoms with Gasteiger partial charge in [-0.3, -0.25) is 14.3 Å². The third kappa shape index (κ3) is 4.99. The summed E-state index contributed by atoms with van der Waals surface area (Å²) in [5, 5.41) is 11.6. The lowest BCUT2D eigenvalue weighted by molar-refractivity contribution is 0.209. The van der Waals surface area contributed by atoms with Gasteiger partial charge < -0.3 is 19.1 Å². The number of pyridine rings is 1. The van der Waals surface area contributed by atoms with Crippen molar-refractivity contribution in [3.05, 3.63) is 86.7 Å². The highest BCUT2D eigenvalue weighted by atomic mass is 35.5. The van der Waals surface area contributed by atoms with E-state index in [-0.39, 0.29) is 33.1 Å². The minimum absolute atomic E-state index is 0.133. The van der Waals surface area contributed by atoms with Crippen molar-refractivity contribution in [2.24, 2.45) is 14.1 Å². The van der Waals surface area contributed by atoms with Gasteiger partial charge in [-0.05, 0) is 49.7 Å². The van der Waals surface area contributed by atoms with E-state index in [4.69, 9.17) is 11.6 Å². The molecule has 5 rings (SSSR count). The number of phenolic OH excluding ortho intramolecular Hbond substituents is 1. The van der Waals surface area contributed by atoms with Crippen molar-refractivity contribution >= 4 is 17.3 Å². The van der Waals surface area contributed by atoms with Crippen molar-refractivity contribution in [2.75, 3.05) is 31.1 Å². The van der Waals surface area contributed by atoms with Gasteiger partial charge in [-0.2, -0.15) is 0 Å². The van der Waals surface area contributed by atoms with Crippen LogP contribution in [0, 0.1) is 5.82 Å². The normalized spacial score (nSPS) is 14.4. The Balaban J connectivity index is 1.55. The van der Waals surface area contributed by atoms with Gasteiger partial charge in [0, 0.05) is 81.6 Å². The molecule has 204 valence electrons. The SMILES string of the molecule is CC(C)N1CCN(c2cc(-c3cc(F)cc(-c4ccc(-n5ccn(C)c5=O)c(Cl)c4)c3O)cn(C)c2=O)CC1. The molecule has 0 saturated carbocycles. The van der Waals surface area contributed by atoms with Crippen LogP contribution in [0.4, 0.5) is 10.1 Å². The maximum absolute atomic E-state index is 15.0. The standard InChI is InChI=1S/C29H31ClFN5O3/c1-18(2)34-8-10-35(11-9-34)26-14-20(17-33(4)28(26)38)23-16-21(31)15-22(27(23)37)19-5-6-25(24(30)13-19)36-12-7-32(3)29(36)39/h5-7,12-18,37H,8-11H2,1-4H3. The molecule has 1 saturated heterocycles. The second kappa shape index (κ2) is 10.4. The van der Waals surface area contributed by atoms with Gasteiger partial charge in [-0.25, -0.2) is 9.18 Å². The first-order valence-electron chi connectivity index (χ1n) is 12.8. The molecule has 0 bridgehead atoms. The fourth-order valence-electron chi connectivity index (χ4n) is 5.10. The number of halogens is 2. The Morgan fingerprint density at radius 2 is 1.54 bits per heavy atom. The van der Waals surface area contributed by atoms with Gasteiger partial charge in [-0.1, -0.05) is 17.7 Å². The molecule has 2 aromatic heterocycles. The Hall–Kier alpha value is -3.82. The first-order valence-corrected chi connectivity index (χ1v) is 13.2. The van der Waals surface area contributed by atoms with Crippen LogP contribution in [0.5, 0.6) is 5.75 Å². The Morgan fingerprint density at radius 3 is 2.13 bits per heavy atom. The van der Waals surface area contributed by atoms with Gasteiger partial charge in [0.15, 0.2) is 0 Å². The first kappa shape index (κ1) is 26.8.